The van der Waals surface area contributed by atoms with Crippen molar-refractivity contribution >= 4 is 26.0 Å². The van der Waals surface area contributed by atoms with E-state index in [1.807, 2.05) is 19.6 Å². The third-order valence-corrected chi connectivity index (χ3v) is 5.24. The first-order chi connectivity index (χ1) is 13.9. The Labute approximate surface area is 177 Å². The quantitative estimate of drug-likeness (QED) is 0.513. The minimum absolute atomic E-state index is 0.00874. The number of hydrogen-bond donors (Lipinski definition) is 0. The molecule has 30 heavy (non-hydrogen) atoms. The molecule has 0 fully saturated rings. The number of carbonyl (C=O) groups is 2. The van der Waals surface area contributed by atoms with Crippen molar-refractivity contribution < 1.29 is 37.7 Å². The fraction of sp³-hybridized carbons (Fsp3) is 0.524. The van der Waals surface area contributed by atoms with E-state index in [0.717, 1.165) is 0 Å². The van der Waals surface area contributed by atoms with Crippen molar-refractivity contribution in [1.82, 2.24) is 0 Å². The first-order valence-corrected chi connectivity index (χ1v) is 13.1. The number of ether oxygens (including phenoxy) is 5. The van der Waals surface area contributed by atoms with Crippen LogP contribution in [0.4, 0.5) is 0 Å². The summed E-state index contributed by atoms with van der Waals surface area (Å²) in [6, 6.07) is 5.15. The molecular formula is C21H28O8Si. The highest BCUT2D eigenvalue weighted by Gasteiger charge is 2.57. The summed E-state index contributed by atoms with van der Waals surface area (Å²) in [7, 11) is -1.08. The minimum Gasteiger partial charge on any atom is -0.488 e. The van der Waals surface area contributed by atoms with E-state index in [1.54, 1.807) is 39.0 Å². The average molecular weight is 437 g/mol. The predicted octanol–water partition coefficient (Wildman–Crippen LogP) is 3.26. The van der Waals surface area contributed by atoms with Gasteiger partial charge in [0.25, 0.3) is 0 Å². The molecule has 2 aliphatic heterocycles. The Bertz CT molecular complexity index is 893. The first kappa shape index (κ1) is 22.2. The third kappa shape index (κ3) is 4.31. The smallest absolute Gasteiger partial charge is 0.345 e. The van der Waals surface area contributed by atoms with E-state index in [1.165, 1.54) is 7.11 Å². The van der Waals surface area contributed by atoms with Gasteiger partial charge >= 0.3 is 11.9 Å². The van der Waals surface area contributed by atoms with Crippen molar-refractivity contribution in [3.8, 4) is 11.5 Å². The molecule has 1 unspecified atom stereocenters. The van der Waals surface area contributed by atoms with Crippen molar-refractivity contribution in [3.63, 3.8) is 0 Å². The van der Waals surface area contributed by atoms with Gasteiger partial charge in [0.1, 0.15) is 23.5 Å². The van der Waals surface area contributed by atoms with E-state index in [0.29, 0.717) is 17.1 Å². The zero-order chi connectivity index (χ0) is 22.3. The van der Waals surface area contributed by atoms with Gasteiger partial charge in [-0.3, -0.25) is 0 Å². The van der Waals surface area contributed by atoms with Gasteiger partial charge in [-0.1, -0.05) is 0 Å². The van der Waals surface area contributed by atoms with Crippen molar-refractivity contribution in [2.24, 2.45) is 0 Å². The lowest BCUT2D eigenvalue weighted by molar-refractivity contribution is -0.164. The molecule has 0 spiro atoms. The Balaban J connectivity index is 2.20. The summed E-state index contributed by atoms with van der Waals surface area (Å²) in [6.45, 7) is 10.9. The average Bonchev–Trinajstić information content (AvgIpc) is 3.22. The molecule has 0 radical (unpaired) electrons. The van der Waals surface area contributed by atoms with Gasteiger partial charge in [-0.15, -0.1) is 0 Å². The second kappa shape index (κ2) is 7.62. The summed E-state index contributed by atoms with van der Waals surface area (Å²) in [5, 5.41) is 0. The standard InChI is InChI=1S/C21H28O8Si/c1-20(2,3)28-18(22)16-17(13-8-9-14-15(10-13)27-12-26-14)25-11-21(16,19(23)24-4)29-30(5,6)7/h8-10H,11-12H2,1-7H3. The fourth-order valence-corrected chi connectivity index (χ4v) is 4.61. The maximum Gasteiger partial charge on any atom is 0.345 e. The number of fused-ring (bicyclic) bond motifs is 1. The van der Waals surface area contributed by atoms with Crippen LogP contribution in [0.3, 0.4) is 0 Å². The van der Waals surface area contributed by atoms with E-state index in [4.69, 9.17) is 28.1 Å². The highest BCUT2D eigenvalue weighted by Crippen LogP contribution is 2.44. The molecule has 0 saturated heterocycles. The van der Waals surface area contributed by atoms with Crippen LogP contribution in [-0.4, -0.2) is 52.0 Å². The van der Waals surface area contributed by atoms with Crippen molar-refractivity contribution in [2.45, 2.75) is 51.6 Å². The monoisotopic (exact) mass is 436 g/mol. The van der Waals surface area contributed by atoms with E-state index in [2.05, 4.69) is 0 Å². The summed E-state index contributed by atoms with van der Waals surface area (Å²) < 4.78 is 33.6. The van der Waals surface area contributed by atoms with E-state index < -0.39 is 31.5 Å². The number of rotatable bonds is 5. The molecule has 8 nitrogen and oxygen atoms in total. The zero-order valence-electron chi connectivity index (χ0n) is 18.4. The Morgan fingerprint density at radius 1 is 1.07 bits per heavy atom. The molecule has 2 aliphatic rings. The Hall–Kier alpha value is -2.52. The number of esters is 2. The number of hydrogen-bond acceptors (Lipinski definition) is 8. The van der Waals surface area contributed by atoms with Crippen LogP contribution in [0.25, 0.3) is 5.76 Å². The molecule has 0 bridgehead atoms. The molecular weight excluding hydrogens is 408 g/mol. The SMILES string of the molecule is COC(=O)C1(O[Si](C)(C)C)COC(c2ccc3c(c2)OCO3)=C1C(=O)OC(C)(C)C. The molecule has 3 rings (SSSR count). The first-order valence-electron chi connectivity index (χ1n) is 9.66. The summed E-state index contributed by atoms with van der Waals surface area (Å²) in [6.07, 6.45) is 0. The molecule has 0 amide bonds. The molecule has 164 valence electrons. The topological polar surface area (TPSA) is 89.5 Å². The lowest BCUT2D eigenvalue weighted by Crippen LogP contribution is -2.53. The van der Waals surface area contributed by atoms with Crippen LogP contribution >= 0.6 is 0 Å². The van der Waals surface area contributed by atoms with E-state index in [9.17, 15) is 9.59 Å². The minimum atomic E-state index is -2.33. The van der Waals surface area contributed by atoms with Crippen LogP contribution in [0.1, 0.15) is 26.3 Å². The second-order valence-electron chi connectivity index (χ2n) is 9.10. The molecule has 0 N–H and O–H groups in total. The fourth-order valence-electron chi connectivity index (χ4n) is 3.32. The van der Waals surface area contributed by atoms with Crippen LogP contribution in [-0.2, 0) is 28.2 Å². The number of benzene rings is 1. The summed E-state index contributed by atoms with van der Waals surface area (Å²) in [5.41, 5.74) is -1.96. The van der Waals surface area contributed by atoms with E-state index in [-0.39, 0.29) is 24.7 Å². The third-order valence-electron chi connectivity index (χ3n) is 4.28. The second-order valence-corrected chi connectivity index (χ2v) is 13.5. The highest BCUT2D eigenvalue weighted by molar-refractivity contribution is 6.70. The molecule has 0 aromatic heterocycles. The van der Waals surface area contributed by atoms with E-state index >= 15 is 0 Å². The van der Waals surface area contributed by atoms with Crippen LogP contribution < -0.4 is 9.47 Å². The van der Waals surface area contributed by atoms with Crippen molar-refractivity contribution in [3.05, 3.63) is 29.3 Å². The van der Waals surface area contributed by atoms with Gasteiger partial charge in [0.15, 0.2) is 19.8 Å². The van der Waals surface area contributed by atoms with Crippen LogP contribution in [0, 0.1) is 0 Å². The van der Waals surface area contributed by atoms with Crippen molar-refractivity contribution in [2.75, 3.05) is 20.5 Å². The largest absolute Gasteiger partial charge is 0.488 e. The zero-order valence-corrected chi connectivity index (χ0v) is 19.4. The van der Waals surface area contributed by atoms with Crippen LogP contribution in [0.15, 0.2) is 23.8 Å². The molecule has 0 aliphatic carbocycles. The molecule has 1 aromatic rings. The van der Waals surface area contributed by atoms with Gasteiger partial charge in [0.2, 0.25) is 12.4 Å². The Morgan fingerprint density at radius 3 is 2.33 bits per heavy atom. The van der Waals surface area contributed by atoms with Gasteiger partial charge in [0.05, 0.1) is 7.11 Å². The molecule has 9 heteroatoms. The summed E-state index contributed by atoms with van der Waals surface area (Å²) in [5.74, 6) is -0.0911. The molecule has 0 saturated carbocycles. The van der Waals surface area contributed by atoms with Crippen LogP contribution in [0.5, 0.6) is 11.5 Å². The summed E-state index contributed by atoms with van der Waals surface area (Å²) >= 11 is 0. The normalized spacial score (nSPS) is 20.8. The molecule has 2 heterocycles. The Morgan fingerprint density at radius 2 is 1.73 bits per heavy atom. The molecule has 1 aromatic carbocycles. The number of methoxy groups -OCH3 is 1. The summed E-state index contributed by atoms with van der Waals surface area (Å²) in [4.78, 5) is 26.3. The van der Waals surface area contributed by atoms with Gasteiger partial charge in [-0.25, -0.2) is 9.59 Å². The van der Waals surface area contributed by atoms with Gasteiger partial charge in [-0.05, 0) is 58.6 Å². The number of carbonyl (C=O) groups excluding carboxylic acids is 2. The van der Waals surface area contributed by atoms with Crippen molar-refractivity contribution in [1.29, 1.82) is 0 Å². The maximum atomic E-state index is 13.3. The lowest BCUT2D eigenvalue weighted by atomic mass is 9.93. The van der Waals surface area contributed by atoms with Gasteiger partial charge in [-0.2, -0.15) is 0 Å². The highest BCUT2D eigenvalue weighted by atomic mass is 28.4. The lowest BCUT2D eigenvalue weighted by Gasteiger charge is -2.34. The van der Waals surface area contributed by atoms with Gasteiger partial charge in [0, 0.05) is 5.56 Å². The maximum absolute atomic E-state index is 13.3. The van der Waals surface area contributed by atoms with Gasteiger partial charge < -0.3 is 28.1 Å². The van der Waals surface area contributed by atoms with Crippen LogP contribution in [0.2, 0.25) is 19.6 Å². The predicted molar refractivity (Wildman–Crippen MR) is 110 cm³/mol. The molecule has 1 atom stereocenters. The Kier molecular flexibility index (Phi) is 5.63.